The summed E-state index contributed by atoms with van der Waals surface area (Å²) in [6.07, 6.45) is -30.1. The summed E-state index contributed by atoms with van der Waals surface area (Å²) in [7, 11) is 0. The minimum Gasteiger partial charge on any atom is -0.388 e. The first kappa shape index (κ1) is 34.2. The van der Waals surface area contributed by atoms with E-state index in [4.69, 9.17) is 33.2 Å². The highest BCUT2D eigenvalue weighted by atomic mass is 16.8. The van der Waals surface area contributed by atoms with E-state index in [9.17, 15) is 56.2 Å². The number of aliphatic hydroxyl groups excluding tert-OH is 11. The molecule has 20 atom stereocenters. The second-order valence-corrected chi connectivity index (χ2v) is 11.1. The molecule has 0 aliphatic carbocycles. The Kier molecular flexibility index (Phi) is 11.2. The van der Waals surface area contributed by atoms with Crippen molar-refractivity contribution in [3.05, 3.63) is 0 Å². The first-order valence-electron chi connectivity index (χ1n) is 13.7. The molecule has 0 saturated carbocycles. The Morgan fingerprint density at radius 3 is 1.43 bits per heavy atom. The molecule has 0 amide bonds. The second-order valence-electron chi connectivity index (χ2n) is 11.1. The first-order chi connectivity index (χ1) is 19.6. The lowest BCUT2D eigenvalue weighted by molar-refractivity contribution is -0.379. The van der Waals surface area contributed by atoms with E-state index in [1.165, 1.54) is 20.8 Å². The van der Waals surface area contributed by atoms with Gasteiger partial charge < -0.3 is 89.3 Å². The van der Waals surface area contributed by atoms with Crippen molar-refractivity contribution in [1.29, 1.82) is 0 Å². The highest BCUT2D eigenvalue weighted by molar-refractivity contribution is 4.95. The standard InChI is InChI=1S/C24H42O18/c1-5-9(25)12(28)16(32)22(37-5)36-4-8-11(27)14(30)20(21(35)40-8)42-24-18(34)15(31)19(7(3)39-24)41-23-17(33)13(29)10(26)6(2)38-23/h5-35H,4H2,1-3H3/t5-,6-,7-,8+,9-,10-,11+,12+,13+,14-,15-,16+,17+,18+,19-,20+,21+,22+,23-,24-/m0/s1. The molecule has 4 saturated heterocycles. The zero-order valence-corrected chi connectivity index (χ0v) is 23.0. The summed E-state index contributed by atoms with van der Waals surface area (Å²) in [5.74, 6) is 0. The van der Waals surface area contributed by atoms with Crippen LogP contribution in [0.2, 0.25) is 0 Å². The lowest BCUT2D eigenvalue weighted by Crippen LogP contribution is -2.65. The quantitative estimate of drug-likeness (QED) is 0.126. The topological polar surface area (TPSA) is 287 Å². The van der Waals surface area contributed by atoms with Crippen molar-refractivity contribution in [2.45, 2.75) is 144 Å². The van der Waals surface area contributed by atoms with Crippen molar-refractivity contribution in [3.63, 3.8) is 0 Å². The molecule has 0 unspecified atom stereocenters. The van der Waals surface area contributed by atoms with Gasteiger partial charge in [0.25, 0.3) is 0 Å². The second kappa shape index (κ2) is 13.7. The molecular weight excluding hydrogens is 576 g/mol. The minimum absolute atomic E-state index is 0.532. The fourth-order valence-corrected chi connectivity index (χ4v) is 5.29. The number of hydrogen-bond donors (Lipinski definition) is 11. The number of ether oxygens (including phenoxy) is 7. The van der Waals surface area contributed by atoms with Crippen LogP contribution in [-0.2, 0) is 33.2 Å². The molecule has 42 heavy (non-hydrogen) atoms. The Balaban J connectivity index is 1.33. The van der Waals surface area contributed by atoms with Crippen LogP contribution in [0.3, 0.4) is 0 Å². The Morgan fingerprint density at radius 2 is 0.857 bits per heavy atom. The predicted octanol–water partition coefficient (Wildman–Crippen LogP) is -6.67. The van der Waals surface area contributed by atoms with Crippen molar-refractivity contribution in [3.8, 4) is 0 Å². The molecule has 18 nitrogen and oxygen atoms in total. The fourth-order valence-electron chi connectivity index (χ4n) is 5.29. The molecule has 0 aromatic heterocycles. The maximum atomic E-state index is 10.7. The van der Waals surface area contributed by atoms with Gasteiger partial charge in [0.2, 0.25) is 0 Å². The van der Waals surface area contributed by atoms with Crippen LogP contribution in [0.5, 0.6) is 0 Å². The van der Waals surface area contributed by atoms with Gasteiger partial charge in [-0.3, -0.25) is 0 Å². The molecule has 0 aromatic carbocycles. The maximum absolute atomic E-state index is 10.7. The van der Waals surface area contributed by atoms with Crippen LogP contribution < -0.4 is 0 Å². The van der Waals surface area contributed by atoms with Crippen LogP contribution in [0.15, 0.2) is 0 Å². The third-order valence-electron chi connectivity index (χ3n) is 8.06. The molecule has 4 fully saturated rings. The van der Waals surface area contributed by atoms with Crippen LogP contribution in [0.25, 0.3) is 0 Å². The molecular formula is C24H42O18. The Bertz CT molecular complexity index is 869. The van der Waals surface area contributed by atoms with Crippen molar-refractivity contribution in [2.24, 2.45) is 0 Å². The summed E-state index contributed by atoms with van der Waals surface area (Å²) in [5.41, 5.74) is 0. The summed E-state index contributed by atoms with van der Waals surface area (Å²) in [6.45, 7) is 3.76. The lowest BCUT2D eigenvalue weighted by atomic mass is 9.96. The molecule has 4 aliphatic rings. The highest BCUT2D eigenvalue weighted by Gasteiger charge is 2.52. The van der Waals surface area contributed by atoms with Gasteiger partial charge in [0.15, 0.2) is 25.2 Å². The zero-order chi connectivity index (χ0) is 31.2. The van der Waals surface area contributed by atoms with Crippen LogP contribution in [0.1, 0.15) is 20.8 Å². The Labute approximate surface area is 240 Å². The fraction of sp³-hybridized carbons (Fsp3) is 1.00. The molecule has 4 rings (SSSR count). The summed E-state index contributed by atoms with van der Waals surface area (Å²) in [6, 6.07) is 0. The zero-order valence-electron chi connectivity index (χ0n) is 23.0. The Hall–Kier alpha value is -0.720. The minimum atomic E-state index is -1.90. The number of hydrogen-bond acceptors (Lipinski definition) is 18. The van der Waals surface area contributed by atoms with Gasteiger partial charge in [-0.2, -0.15) is 0 Å². The van der Waals surface area contributed by atoms with E-state index < -0.39 is 129 Å². The third kappa shape index (κ3) is 6.76. The van der Waals surface area contributed by atoms with E-state index in [0.29, 0.717) is 0 Å². The third-order valence-corrected chi connectivity index (χ3v) is 8.06. The summed E-state index contributed by atoms with van der Waals surface area (Å²) in [4.78, 5) is 0. The number of rotatable bonds is 7. The molecule has 0 spiro atoms. The van der Waals surface area contributed by atoms with E-state index in [1.807, 2.05) is 0 Å². The molecule has 4 aliphatic heterocycles. The molecule has 0 aromatic rings. The van der Waals surface area contributed by atoms with Gasteiger partial charge in [-0.05, 0) is 20.8 Å². The molecule has 0 bridgehead atoms. The van der Waals surface area contributed by atoms with Gasteiger partial charge >= 0.3 is 0 Å². The van der Waals surface area contributed by atoms with Gasteiger partial charge in [0.1, 0.15) is 79.4 Å². The van der Waals surface area contributed by atoms with Crippen molar-refractivity contribution < 1.29 is 89.3 Å². The molecule has 246 valence electrons. The summed E-state index contributed by atoms with van der Waals surface area (Å²) in [5, 5.41) is 113. The molecule has 11 N–H and O–H groups in total. The van der Waals surface area contributed by atoms with Crippen LogP contribution in [0, 0.1) is 0 Å². The Morgan fingerprint density at radius 1 is 0.429 bits per heavy atom. The van der Waals surface area contributed by atoms with Crippen molar-refractivity contribution >= 4 is 0 Å². The monoisotopic (exact) mass is 618 g/mol. The SMILES string of the molecule is C[C@@H]1O[C@@H](OC[C@H]2O[C@@H](O)[C@H](O[C@@H]3O[C@@H](C)[C@H](O[C@@H]4O[C@@H](C)[C@H](O)[C@@H](O)[C@H]4O)[C@@H](O)[C@H]3O)[C@@H](O)[C@@H]2O)[C@H](O)[C@H](O)[C@H]1O. The van der Waals surface area contributed by atoms with Gasteiger partial charge in [0, 0.05) is 0 Å². The van der Waals surface area contributed by atoms with E-state index in [0.717, 1.165) is 0 Å². The summed E-state index contributed by atoms with van der Waals surface area (Å²) >= 11 is 0. The smallest absolute Gasteiger partial charge is 0.187 e. The molecule has 18 heteroatoms. The van der Waals surface area contributed by atoms with E-state index in [1.54, 1.807) is 0 Å². The van der Waals surface area contributed by atoms with E-state index >= 15 is 0 Å². The normalized spacial score (nSPS) is 55.9. The maximum Gasteiger partial charge on any atom is 0.187 e. The summed E-state index contributed by atoms with van der Waals surface area (Å²) < 4.78 is 38.0. The average Bonchev–Trinajstić information content (AvgIpc) is 2.95. The molecule has 4 heterocycles. The van der Waals surface area contributed by atoms with Crippen LogP contribution in [0.4, 0.5) is 0 Å². The van der Waals surface area contributed by atoms with Gasteiger partial charge in [-0.15, -0.1) is 0 Å². The first-order valence-corrected chi connectivity index (χ1v) is 13.7. The largest absolute Gasteiger partial charge is 0.388 e. The van der Waals surface area contributed by atoms with Crippen LogP contribution >= 0.6 is 0 Å². The van der Waals surface area contributed by atoms with E-state index in [2.05, 4.69) is 0 Å². The number of aliphatic hydroxyl groups is 11. The van der Waals surface area contributed by atoms with Crippen molar-refractivity contribution in [1.82, 2.24) is 0 Å². The van der Waals surface area contributed by atoms with Gasteiger partial charge in [-0.25, -0.2) is 0 Å². The average molecular weight is 619 g/mol. The lowest BCUT2D eigenvalue weighted by Gasteiger charge is -2.47. The predicted molar refractivity (Wildman–Crippen MR) is 130 cm³/mol. The highest BCUT2D eigenvalue weighted by Crippen LogP contribution is 2.32. The van der Waals surface area contributed by atoms with Crippen LogP contribution in [-0.4, -0.2) is 186 Å². The molecule has 0 radical (unpaired) electrons. The van der Waals surface area contributed by atoms with Gasteiger partial charge in [-0.1, -0.05) is 0 Å². The van der Waals surface area contributed by atoms with E-state index in [-0.39, 0.29) is 0 Å². The van der Waals surface area contributed by atoms with Crippen molar-refractivity contribution in [2.75, 3.05) is 6.61 Å². The van der Waals surface area contributed by atoms with Gasteiger partial charge in [0.05, 0.1) is 24.9 Å².